The Morgan fingerprint density at radius 2 is 1.63 bits per heavy atom. The topological polar surface area (TPSA) is 40.2 Å². The van der Waals surface area contributed by atoms with Crippen LogP contribution in [0.15, 0.2) is 30.3 Å². The van der Waals surface area contributed by atoms with Crippen LogP contribution in [0.3, 0.4) is 0 Å². The molecule has 5 nitrogen and oxygen atoms in total. The van der Waals surface area contributed by atoms with Gasteiger partial charge in [-0.3, -0.25) is 4.90 Å². The summed E-state index contributed by atoms with van der Waals surface area (Å²) in [7, 11) is 6.65. The maximum Gasteiger partial charge on any atom is 0.165 e. The van der Waals surface area contributed by atoms with Gasteiger partial charge < -0.3 is 18.9 Å². The van der Waals surface area contributed by atoms with Gasteiger partial charge in [0, 0.05) is 30.6 Å². The van der Waals surface area contributed by atoms with Crippen LogP contribution >= 0.6 is 11.6 Å². The van der Waals surface area contributed by atoms with E-state index in [0.717, 1.165) is 42.5 Å². The van der Waals surface area contributed by atoms with Gasteiger partial charge in [0.25, 0.3) is 0 Å². The van der Waals surface area contributed by atoms with Crippen molar-refractivity contribution in [2.75, 3.05) is 40.9 Å². The van der Waals surface area contributed by atoms with Gasteiger partial charge in [-0.25, -0.2) is 0 Å². The zero-order chi connectivity index (χ0) is 19.4. The molecule has 0 spiro atoms. The van der Waals surface area contributed by atoms with Crippen LogP contribution in [0, 0.1) is 0 Å². The molecule has 27 heavy (non-hydrogen) atoms. The highest BCUT2D eigenvalue weighted by molar-refractivity contribution is 6.18. The van der Waals surface area contributed by atoms with Gasteiger partial charge in [0.05, 0.1) is 28.4 Å². The van der Waals surface area contributed by atoms with Crippen LogP contribution in [-0.4, -0.2) is 45.8 Å². The molecule has 146 valence electrons. The van der Waals surface area contributed by atoms with Crippen molar-refractivity contribution in [1.29, 1.82) is 0 Å². The number of benzene rings is 2. The second-order valence-corrected chi connectivity index (χ2v) is 6.81. The Morgan fingerprint density at radius 1 is 0.926 bits per heavy atom. The molecule has 0 unspecified atom stereocenters. The second kappa shape index (κ2) is 8.72. The third-order valence-corrected chi connectivity index (χ3v) is 5.29. The third-order valence-electron chi connectivity index (χ3n) is 5.12. The molecular weight excluding hydrogens is 366 g/mol. The van der Waals surface area contributed by atoms with Gasteiger partial charge in [0.1, 0.15) is 0 Å². The molecule has 0 N–H and O–H groups in total. The van der Waals surface area contributed by atoms with Crippen molar-refractivity contribution < 1.29 is 18.9 Å². The number of ether oxygens (including phenoxy) is 4. The van der Waals surface area contributed by atoms with Crippen LogP contribution in [-0.2, 0) is 13.0 Å². The zero-order valence-electron chi connectivity index (χ0n) is 16.3. The molecule has 0 saturated heterocycles. The Kier molecular flexibility index (Phi) is 6.34. The summed E-state index contributed by atoms with van der Waals surface area (Å²) in [5.74, 6) is 3.59. The quantitative estimate of drug-likeness (QED) is 0.665. The maximum absolute atomic E-state index is 6.11. The molecule has 1 atom stereocenters. The Hall–Kier alpha value is -2.11. The number of alkyl halides is 1. The van der Waals surface area contributed by atoms with Gasteiger partial charge in [0.15, 0.2) is 23.0 Å². The fraction of sp³-hybridized carbons (Fsp3) is 0.429. The lowest BCUT2D eigenvalue weighted by Gasteiger charge is -2.38. The average Bonchev–Trinajstić information content (AvgIpc) is 2.72. The molecule has 0 aliphatic carbocycles. The van der Waals surface area contributed by atoms with Gasteiger partial charge in [0.2, 0.25) is 0 Å². The number of fused-ring (bicyclic) bond motifs is 1. The summed E-state index contributed by atoms with van der Waals surface area (Å²) >= 11 is 6.11. The summed E-state index contributed by atoms with van der Waals surface area (Å²) < 4.78 is 22.0. The van der Waals surface area contributed by atoms with E-state index in [9.17, 15) is 0 Å². The average molecular weight is 392 g/mol. The monoisotopic (exact) mass is 391 g/mol. The lowest BCUT2D eigenvalue weighted by Crippen LogP contribution is -2.35. The molecule has 3 rings (SSSR count). The van der Waals surface area contributed by atoms with Gasteiger partial charge in [-0.2, -0.15) is 0 Å². The van der Waals surface area contributed by atoms with E-state index in [-0.39, 0.29) is 6.04 Å². The first kappa shape index (κ1) is 19.6. The summed E-state index contributed by atoms with van der Waals surface area (Å²) in [5.41, 5.74) is 3.61. The van der Waals surface area contributed by atoms with Crippen LogP contribution in [0.4, 0.5) is 0 Å². The molecule has 6 heteroatoms. The summed E-state index contributed by atoms with van der Waals surface area (Å²) in [6, 6.07) is 10.4. The molecule has 1 aliphatic rings. The van der Waals surface area contributed by atoms with Crippen molar-refractivity contribution in [3.63, 3.8) is 0 Å². The van der Waals surface area contributed by atoms with Crippen LogP contribution in [0.2, 0.25) is 0 Å². The van der Waals surface area contributed by atoms with Crippen molar-refractivity contribution in [2.45, 2.75) is 19.0 Å². The SMILES string of the molecule is COc1ccc([C@@H]2Cc3ccc(OC)c(OC)c3CN2CCCl)cc1OC. The number of rotatable bonds is 7. The van der Waals surface area contributed by atoms with Crippen LogP contribution in [0.5, 0.6) is 23.0 Å². The van der Waals surface area contributed by atoms with E-state index in [2.05, 4.69) is 23.1 Å². The van der Waals surface area contributed by atoms with Gasteiger partial charge in [-0.15, -0.1) is 11.6 Å². The van der Waals surface area contributed by atoms with Gasteiger partial charge >= 0.3 is 0 Å². The molecule has 2 aromatic carbocycles. The summed E-state index contributed by atoms with van der Waals surface area (Å²) in [6.45, 7) is 1.53. The Bertz CT molecular complexity index is 796. The number of methoxy groups -OCH3 is 4. The van der Waals surface area contributed by atoms with E-state index in [4.69, 9.17) is 30.5 Å². The van der Waals surface area contributed by atoms with Crippen molar-refractivity contribution >= 4 is 11.6 Å². The van der Waals surface area contributed by atoms with Gasteiger partial charge in [-0.05, 0) is 35.7 Å². The lowest BCUT2D eigenvalue weighted by molar-refractivity contribution is 0.179. The number of halogens is 1. The number of hydrogen-bond donors (Lipinski definition) is 0. The first-order valence-corrected chi connectivity index (χ1v) is 9.44. The Balaban J connectivity index is 2.02. The Labute approximate surface area is 165 Å². The maximum atomic E-state index is 6.11. The van der Waals surface area contributed by atoms with E-state index >= 15 is 0 Å². The minimum absolute atomic E-state index is 0.203. The smallest absolute Gasteiger partial charge is 0.165 e. The van der Waals surface area contributed by atoms with E-state index in [1.54, 1.807) is 28.4 Å². The first-order valence-electron chi connectivity index (χ1n) is 8.91. The largest absolute Gasteiger partial charge is 0.493 e. The molecule has 2 aromatic rings. The molecular formula is C21H26ClNO4. The molecule has 0 fully saturated rings. The predicted octanol–water partition coefficient (Wildman–Crippen LogP) is 4.06. The van der Waals surface area contributed by atoms with Crippen molar-refractivity contribution in [1.82, 2.24) is 4.90 Å². The molecule has 1 heterocycles. The van der Waals surface area contributed by atoms with Crippen LogP contribution in [0.1, 0.15) is 22.7 Å². The minimum Gasteiger partial charge on any atom is -0.493 e. The number of nitrogens with zero attached hydrogens (tertiary/aromatic N) is 1. The first-order chi connectivity index (χ1) is 13.2. The summed E-state index contributed by atoms with van der Waals surface area (Å²) in [5, 5.41) is 0. The van der Waals surface area contributed by atoms with Crippen molar-refractivity contribution in [3.8, 4) is 23.0 Å². The normalized spacial score (nSPS) is 16.6. The highest BCUT2D eigenvalue weighted by atomic mass is 35.5. The summed E-state index contributed by atoms with van der Waals surface area (Å²) in [4.78, 5) is 2.37. The van der Waals surface area contributed by atoms with Crippen LogP contribution < -0.4 is 18.9 Å². The van der Waals surface area contributed by atoms with E-state index < -0.39 is 0 Å². The van der Waals surface area contributed by atoms with Crippen LogP contribution in [0.25, 0.3) is 0 Å². The molecule has 0 amide bonds. The second-order valence-electron chi connectivity index (χ2n) is 6.43. The fourth-order valence-electron chi connectivity index (χ4n) is 3.78. The fourth-order valence-corrected chi connectivity index (χ4v) is 4.00. The molecule has 0 radical (unpaired) electrons. The number of hydrogen-bond acceptors (Lipinski definition) is 5. The van der Waals surface area contributed by atoms with Crippen molar-refractivity contribution in [3.05, 3.63) is 47.0 Å². The molecule has 0 bridgehead atoms. The lowest BCUT2D eigenvalue weighted by atomic mass is 9.89. The standard InChI is InChI=1S/C21H26ClNO4/c1-24-18-7-6-15(12-20(18)26-3)17-11-14-5-8-19(25-2)21(27-4)16(14)13-23(17)10-9-22/h5-8,12,17H,9-11,13H2,1-4H3/t17-/m0/s1. The molecule has 0 aromatic heterocycles. The zero-order valence-corrected chi connectivity index (χ0v) is 17.0. The van der Waals surface area contributed by atoms with Crippen molar-refractivity contribution in [2.24, 2.45) is 0 Å². The predicted molar refractivity (Wildman–Crippen MR) is 107 cm³/mol. The molecule has 0 saturated carbocycles. The molecule has 1 aliphatic heterocycles. The highest BCUT2D eigenvalue weighted by Crippen LogP contribution is 2.42. The van der Waals surface area contributed by atoms with E-state index in [0.29, 0.717) is 5.88 Å². The van der Waals surface area contributed by atoms with E-state index in [1.165, 1.54) is 16.7 Å². The highest BCUT2D eigenvalue weighted by Gasteiger charge is 2.30. The van der Waals surface area contributed by atoms with Gasteiger partial charge in [-0.1, -0.05) is 12.1 Å². The Morgan fingerprint density at radius 3 is 2.26 bits per heavy atom. The third kappa shape index (κ3) is 3.80. The van der Waals surface area contributed by atoms with E-state index in [1.807, 2.05) is 12.1 Å². The minimum atomic E-state index is 0.203. The summed E-state index contributed by atoms with van der Waals surface area (Å²) in [6.07, 6.45) is 0.863.